The minimum Gasteiger partial charge on any atom is -0.317 e. The zero-order valence-electron chi connectivity index (χ0n) is 10.4. The summed E-state index contributed by atoms with van der Waals surface area (Å²) in [5, 5.41) is 4.43. The topological polar surface area (TPSA) is 29.1 Å². The molecule has 18 heavy (non-hydrogen) atoms. The predicted octanol–water partition coefficient (Wildman–Crippen LogP) is 3.49. The summed E-state index contributed by atoms with van der Waals surface area (Å²) in [6.07, 6.45) is 2.09. The van der Waals surface area contributed by atoms with E-state index in [9.17, 15) is 4.79 Å². The van der Waals surface area contributed by atoms with E-state index < -0.39 is 0 Å². The van der Waals surface area contributed by atoms with Crippen molar-refractivity contribution in [1.82, 2.24) is 5.32 Å². The molecule has 0 spiro atoms. The third kappa shape index (κ3) is 2.87. The van der Waals surface area contributed by atoms with Crippen LogP contribution >= 0.6 is 23.2 Å². The number of ketones is 1. The molecule has 4 heteroatoms. The molecule has 98 valence electrons. The van der Waals surface area contributed by atoms with E-state index >= 15 is 0 Å². The Morgan fingerprint density at radius 2 is 1.83 bits per heavy atom. The number of rotatable bonds is 3. The molecular weight excluding hydrogens is 269 g/mol. The summed E-state index contributed by atoms with van der Waals surface area (Å²) in [7, 11) is 0. The van der Waals surface area contributed by atoms with Crippen molar-refractivity contribution in [2.45, 2.75) is 26.2 Å². The summed E-state index contributed by atoms with van der Waals surface area (Å²) in [4.78, 5) is 12.4. The molecule has 1 aliphatic heterocycles. The van der Waals surface area contributed by atoms with E-state index in [0.29, 0.717) is 16.5 Å². The van der Waals surface area contributed by atoms with Gasteiger partial charge in [0.1, 0.15) is 5.78 Å². The molecule has 1 aliphatic rings. The molecule has 0 aromatic heterocycles. The molecule has 0 aliphatic carbocycles. The molecular formula is C14H17Cl2NO. The lowest BCUT2D eigenvalue weighted by atomic mass is 9.75. The number of hydrogen-bond acceptors (Lipinski definition) is 2. The first kappa shape index (κ1) is 13.9. The van der Waals surface area contributed by atoms with Crippen LogP contribution < -0.4 is 5.32 Å². The third-order valence-corrected chi connectivity index (χ3v) is 4.49. The number of nitrogens with one attached hydrogen (secondary N) is 1. The number of carbonyl (C=O) groups is 1. The van der Waals surface area contributed by atoms with Crippen LogP contribution in [-0.2, 0) is 11.2 Å². The van der Waals surface area contributed by atoms with Crippen molar-refractivity contribution in [2.24, 2.45) is 5.41 Å². The second-order valence-electron chi connectivity index (χ2n) is 5.11. The number of halogens is 2. The lowest BCUT2D eigenvalue weighted by molar-refractivity contribution is -0.128. The summed E-state index contributed by atoms with van der Waals surface area (Å²) in [5.74, 6) is 0.235. The smallest absolute Gasteiger partial charge is 0.143 e. The normalized spacial score (nSPS) is 18.6. The molecule has 0 bridgehead atoms. The summed E-state index contributed by atoms with van der Waals surface area (Å²) in [6, 6.07) is 5.35. The van der Waals surface area contributed by atoms with Crippen LogP contribution in [0.15, 0.2) is 18.2 Å². The van der Waals surface area contributed by atoms with E-state index in [2.05, 4.69) is 5.32 Å². The van der Waals surface area contributed by atoms with Gasteiger partial charge in [-0.25, -0.2) is 0 Å². The Kier molecular flexibility index (Phi) is 4.31. The average molecular weight is 286 g/mol. The van der Waals surface area contributed by atoms with Gasteiger partial charge in [-0.3, -0.25) is 4.79 Å². The summed E-state index contributed by atoms with van der Waals surface area (Å²) >= 11 is 12.2. The van der Waals surface area contributed by atoms with Gasteiger partial charge in [-0.1, -0.05) is 36.2 Å². The second kappa shape index (κ2) is 5.60. The van der Waals surface area contributed by atoms with Crippen LogP contribution in [-0.4, -0.2) is 18.9 Å². The van der Waals surface area contributed by atoms with Crippen LogP contribution in [0.5, 0.6) is 0 Å². The largest absolute Gasteiger partial charge is 0.317 e. The van der Waals surface area contributed by atoms with E-state index in [0.717, 1.165) is 31.5 Å². The van der Waals surface area contributed by atoms with Crippen LogP contribution in [0.4, 0.5) is 0 Å². The molecule has 0 unspecified atom stereocenters. The van der Waals surface area contributed by atoms with Crippen LogP contribution in [0.1, 0.15) is 25.3 Å². The number of benzene rings is 1. The highest BCUT2D eigenvalue weighted by molar-refractivity contribution is 6.36. The molecule has 0 saturated carbocycles. The van der Waals surface area contributed by atoms with Crippen LogP contribution in [0, 0.1) is 5.41 Å². The van der Waals surface area contributed by atoms with Crippen molar-refractivity contribution in [3.63, 3.8) is 0 Å². The van der Waals surface area contributed by atoms with Gasteiger partial charge in [0.15, 0.2) is 0 Å². The molecule has 2 rings (SSSR count). The lowest BCUT2D eigenvalue weighted by Crippen LogP contribution is -2.40. The fraction of sp³-hybridized carbons (Fsp3) is 0.500. The van der Waals surface area contributed by atoms with E-state index in [1.165, 1.54) is 0 Å². The highest BCUT2D eigenvalue weighted by Crippen LogP contribution is 2.33. The lowest BCUT2D eigenvalue weighted by Gasteiger charge is -2.32. The number of carbonyl (C=O) groups excluding carboxylic acids is 1. The molecule has 1 aromatic carbocycles. The van der Waals surface area contributed by atoms with E-state index in [1.54, 1.807) is 18.2 Å². The number of piperidine rings is 1. The molecule has 0 amide bonds. The molecule has 2 nitrogen and oxygen atoms in total. The summed E-state index contributed by atoms with van der Waals surface area (Å²) in [5.41, 5.74) is 0.513. The van der Waals surface area contributed by atoms with Crippen LogP contribution in [0.2, 0.25) is 10.0 Å². The first-order valence-electron chi connectivity index (χ1n) is 6.20. The first-order chi connectivity index (χ1) is 8.53. The Morgan fingerprint density at radius 3 is 2.39 bits per heavy atom. The number of Topliss-reactive ketones (excluding diaryl/α,β-unsaturated/α-hetero) is 1. The second-order valence-corrected chi connectivity index (χ2v) is 5.93. The van der Waals surface area contributed by atoms with Crippen molar-refractivity contribution in [2.75, 3.05) is 13.1 Å². The third-order valence-electron chi connectivity index (χ3n) is 3.78. The van der Waals surface area contributed by atoms with Gasteiger partial charge in [0.25, 0.3) is 0 Å². The standard InChI is InChI=1S/C14H17Cl2NO/c1-14(5-7-17-8-6-14)13(18)9-10-11(15)3-2-4-12(10)16/h2-4,17H,5-9H2,1H3. The van der Waals surface area contributed by atoms with Crippen LogP contribution in [0.3, 0.4) is 0 Å². The van der Waals surface area contributed by atoms with Crippen molar-refractivity contribution < 1.29 is 4.79 Å². The van der Waals surface area contributed by atoms with Gasteiger partial charge < -0.3 is 5.32 Å². The minimum atomic E-state index is -0.242. The van der Waals surface area contributed by atoms with Gasteiger partial charge in [-0.2, -0.15) is 0 Å². The zero-order valence-corrected chi connectivity index (χ0v) is 11.9. The Bertz CT molecular complexity index is 433. The highest BCUT2D eigenvalue weighted by Gasteiger charge is 2.34. The van der Waals surface area contributed by atoms with Crippen molar-refractivity contribution in [3.8, 4) is 0 Å². The fourth-order valence-corrected chi connectivity index (χ4v) is 2.86. The Morgan fingerprint density at radius 1 is 1.28 bits per heavy atom. The molecule has 1 aromatic rings. The zero-order chi connectivity index (χ0) is 13.2. The molecule has 0 atom stereocenters. The van der Waals surface area contributed by atoms with Crippen molar-refractivity contribution in [3.05, 3.63) is 33.8 Å². The predicted molar refractivity (Wildman–Crippen MR) is 75.4 cm³/mol. The van der Waals surface area contributed by atoms with Crippen LogP contribution in [0.25, 0.3) is 0 Å². The maximum Gasteiger partial charge on any atom is 0.143 e. The summed E-state index contributed by atoms with van der Waals surface area (Å²) in [6.45, 7) is 3.85. The molecule has 1 heterocycles. The van der Waals surface area contributed by atoms with Gasteiger partial charge in [-0.05, 0) is 43.6 Å². The average Bonchev–Trinajstić information content (AvgIpc) is 2.34. The molecule has 1 fully saturated rings. The monoisotopic (exact) mass is 285 g/mol. The molecule has 1 N–H and O–H groups in total. The SMILES string of the molecule is CC1(C(=O)Cc2c(Cl)cccc2Cl)CCNCC1. The van der Waals surface area contributed by atoms with Crippen molar-refractivity contribution >= 4 is 29.0 Å². The minimum absolute atomic E-state index is 0.235. The summed E-state index contributed by atoms with van der Waals surface area (Å²) < 4.78 is 0. The first-order valence-corrected chi connectivity index (χ1v) is 6.95. The Balaban J connectivity index is 2.16. The van der Waals surface area contributed by atoms with E-state index in [1.807, 2.05) is 6.92 Å². The van der Waals surface area contributed by atoms with E-state index in [4.69, 9.17) is 23.2 Å². The van der Waals surface area contributed by atoms with Gasteiger partial charge in [0.2, 0.25) is 0 Å². The van der Waals surface area contributed by atoms with Crippen molar-refractivity contribution in [1.29, 1.82) is 0 Å². The molecule has 0 radical (unpaired) electrons. The molecule has 1 saturated heterocycles. The Hall–Kier alpha value is -0.570. The van der Waals surface area contributed by atoms with Gasteiger partial charge in [0, 0.05) is 21.9 Å². The maximum absolute atomic E-state index is 12.4. The van der Waals surface area contributed by atoms with Gasteiger partial charge in [0.05, 0.1) is 0 Å². The fourth-order valence-electron chi connectivity index (χ4n) is 2.33. The van der Waals surface area contributed by atoms with E-state index in [-0.39, 0.29) is 11.2 Å². The highest BCUT2D eigenvalue weighted by atomic mass is 35.5. The van der Waals surface area contributed by atoms with Gasteiger partial charge >= 0.3 is 0 Å². The van der Waals surface area contributed by atoms with Gasteiger partial charge in [-0.15, -0.1) is 0 Å². The number of hydrogen-bond donors (Lipinski definition) is 1. The Labute approximate surface area is 118 Å². The quantitative estimate of drug-likeness (QED) is 0.921. The maximum atomic E-state index is 12.4.